The summed E-state index contributed by atoms with van der Waals surface area (Å²) >= 11 is 0. The maximum absolute atomic E-state index is 12.8. The minimum absolute atomic E-state index is 0.168. The Morgan fingerprint density at radius 3 is 2.88 bits per heavy atom. The molecule has 0 aromatic carbocycles. The van der Waals surface area contributed by atoms with Gasteiger partial charge in [-0.2, -0.15) is 5.10 Å². The predicted molar refractivity (Wildman–Crippen MR) is 94.0 cm³/mol. The zero-order chi connectivity index (χ0) is 16.5. The molecule has 2 amide bonds. The zero-order valence-electron chi connectivity index (χ0n) is 14.7. The van der Waals surface area contributed by atoms with Gasteiger partial charge in [-0.15, -0.1) is 0 Å². The summed E-state index contributed by atoms with van der Waals surface area (Å²) in [4.78, 5) is 17.3. The molecule has 2 saturated heterocycles. The topological polar surface area (TPSA) is 53.4 Å². The van der Waals surface area contributed by atoms with Gasteiger partial charge in [-0.3, -0.25) is 4.68 Å². The van der Waals surface area contributed by atoms with E-state index in [4.69, 9.17) is 0 Å². The number of aryl methyl sites for hydroxylation is 1. The van der Waals surface area contributed by atoms with Crippen molar-refractivity contribution >= 4 is 11.8 Å². The largest absolute Gasteiger partial charge is 0.355 e. The first-order valence-corrected chi connectivity index (χ1v) is 9.52. The molecule has 24 heavy (non-hydrogen) atoms. The van der Waals surface area contributed by atoms with E-state index in [2.05, 4.69) is 26.3 Å². The van der Waals surface area contributed by atoms with E-state index in [1.807, 2.05) is 17.9 Å². The molecule has 6 heteroatoms. The van der Waals surface area contributed by atoms with Crippen molar-refractivity contribution in [2.24, 2.45) is 13.0 Å². The van der Waals surface area contributed by atoms with Gasteiger partial charge in [0.15, 0.2) is 0 Å². The number of nitrogens with one attached hydrogen (secondary N) is 1. The second-order valence-corrected chi connectivity index (χ2v) is 7.64. The van der Waals surface area contributed by atoms with E-state index in [0.717, 1.165) is 44.2 Å². The zero-order valence-corrected chi connectivity index (χ0v) is 14.7. The molecule has 1 unspecified atom stereocenters. The lowest BCUT2D eigenvalue weighted by atomic mass is 9.85. The lowest BCUT2D eigenvalue weighted by molar-refractivity contribution is 0.165. The smallest absolute Gasteiger partial charge is 0.317 e. The van der Waals surface area contributed by atoms with Gasteiger partial charge in [-0.1, -0.05) is 12.8 Å². The van der Waals surface area contributed by atoms with Crippen LogP contribution in [0, 0.1) is 5.92 Å². The van der Waals surface area contributed by atoms with E-state index in [0.29, 0.717) is 6.04 Å². The van der Waals surface area contributed by atoms with Crippen molar-refractivity contribution in [1.29, 1.82) is 0 Å². The first-order valence-electron chi connectivity index (χ1n) is 9.52. The van der Waals surface area contributed by atoms with Crippen LogP contribution in [0.2, 0.25) is 0 Å². The highest BCUT2D eigenvalue weighted by Crippen LogP contribution is 2.36. The van der Waals surface area contributed by atoms with E-state index in [1.54, 1.807) is 0 Å². The summed E-state index contributed by atoms with van der Waals surface area (Å²) < 4.78 is 1.91. The monoisotopic (exact) mass is 331 g/mol. The highest BCUT2D eigenvalue weighted by atomic mass is 16.2. The number of fused-ring (bicyclic) bond motifs is 1. The number of anilines is 1. The quantitative estimate of drug-likeness (QED) is 0.905. The number of urea groups is 1. The highest BCUT2D eigenvalue weighted by Gasteiger charge is 2.38. The van der Waals surface area contributed by atoms with Crippen molar-refractivity contribution < 1.29 is 4.79 Å². The molecule has 3 heterocycles. The molecular weight excluding hydrogens is 302 g/mol. The van der Waals surface area contributed by atoms with Crippen molar-refractivity contribution in [2.75, 3.05) is 24.5 Å². The van der Waals surface area contributed by atoms with E-state index in [-0.39, 0.29) is 12.1 Å². The lowest BCUT2D eigenvalue weighted by Crippen LogP contribution is -2.53. The number of hydrogen-bond donors (Lipinski definition) is 1. The molecule has 1 saturated carbocycles. The minimum atomic E-state index is 0.168. The number of likely N-dealkylation sites (tertiary alicyclic amines) is 1. The summed E-state index contributed by atoms with van der Waals surface area (Å²) in [5, 5.41) is 7.59. The average molecular weight is 331 g/mol. The number of piperidine rings is 1. The first kappa shape index (κ1) is 15.8. The van der Waals surface area contributed by atoms with Crippen molar-refractivity contribution in [3.63, 3.8) is 0 Å². The Bertz CT molecular complexity index is 586. The second-order valence-electron chi connectivity index (χ2n) is 7.64. The molecule has 3 fully saturated rings. The average Bonchev–Trinajstić information content (AvgIpc) is 3.21. The molecule has 132 valence electrons. The standard InChI is InChI=1S/C18H29N5O/c1-21-17(8-10-19-21)22-11-4-6-15(13-22)20-18(24)23-12-9-14-5-2-3-7-16(14)23/h8,10,14-16H,2-7,9,11-13H2,1H3,(H,20,24)/t14-,15?,16-/m1/s1. The van der Waals surface area contributed by atoms with Crippen molar-refractivity contribution in [1.82, 2.24) is 20.0 Å². The van der Waals surface area contributed by atoms with Crippen LogP contribution in [-0.2, 0) is 7.05 Å². The number of amides is 2. The maximum Gasteiger partial charge on any atom is 0.317 e. The molecule has 3 aliphatic rings. The minimum Gasteiger partial charge on any atom is -0.355 e. The van der Waals surface area contributed by atoms with Crippen molar-refractivity contribution in [2.45, 2.75) is 57.0 Å². The molecule has 1 aromatic heterocycles. The van der Waals surface area contributed by atoms with Crippen LogP contribution < -0.4 is 10.2 Å². The highest BCUT2D eigenvalue weighted by molar-refractivity contribution is 5.75. The fourth-order valence-corrected chi connectivity index (χ4v) is 4.90. The Morgan fingerprint density at radius 1 is 1.17 bits per heavy atom. The normalized spacial score (nSPS) is 30.3. The van der Waals surface area contributed by atoms with Crippen LogP contribution in [0.3, 0.4) is 0 Å². The summed E-state index contributed by atoms with van der Waals surface area (Å²) in [7, 11) is 1.98. The predicted octanol–water partition coefficient (Wildman–Crippen LogP) is 2.36. The van der Waals surface area contributed by atoms with Crippen molar-refractivity contribution in [3.8, 4) is 0 Å². The Kier molecular flexibility index (Phi) is 4.37. The molecule has 4 rings (SSSR count). The summed E-state index contributed by atoms with van der Waals surface area (Å²) in [5.74, 6) is 1.89. The third kappa shape index (κ3) is 2.98. The molecule has 1 aromatic rings. The van der Waals surface area contributed by atoms with Gasteiger partial charge >= 0.3 is 6.03 Å². The van der Waals surface area contributed by atoms with E-state index in [1.165, 1.54) is 32.1 Å². The van der Waals surface area contributed by atoms with Crippen LogP contribution in [0.25, 0.3) is 0 Å². The van der Waals surface area contributed by atoms with Crippen molar-refractivity contribution in [3.05, 3.63) is 12.3 Å². The Morgan fingerprint density at radius 2 is 2.04 bits per heavy atom. The van der Waals surface area contributed by atoms with Crippen LogP contribution in [0.5, 0.6) is 0 Å². The van der Waals surface area contributed by atoms with Crippen LogP contribution >= 0.6 is 0 Å². The summed E-state index contributed by atoms with van der Waals surface area (Å²) in [6.07, 6.45) is 10.4. The molecule has 0 bridgehead atoms. The molecule has 0 spiro atoms. The second kappa shape index (κ2) is 6.65. The van der Waals surface area contributed by atoms with Gasteiger partial charge in [0, 0.05) is 44.8 Å². The van der Waals surface area contributed by atoms with Crippen LogP contribution in [0.4, 0.5) is 10.6 Å². The molecule has 1 aliphatic carbocycles. The van der Waals surface area contributed by atoms with E-state index >= 15 is 0 Å². The maximum atomic E-state index is 12.8. The summed E-state index contributed by atoms with van der Waals surface area (Å²) in [6, 6.07) is 2.96. The first-order chi connectivity index (χ1) is 11.7. The molecular formula is C18H29N5O. The number of hydrogen-bond acceptors (Lipinski definition) is 3. The third-order valence-electron chi connectivity index (χ3n) is 6.14. The Labute approximate surface area is 144 Å². The molecule has 6 nitrogen and oxygen atoms in total. The third-order valence-corrected chi connectivity index (χ3v) is 6.14. The SMILES string of the molecule is Cn1nccc1N1CCCC(NC(=O)N2CC[C@H]3CCCC[C@H]32)C1. The van der Waals surface area contributed by atoms with Crippen LogP contribution in [0.1, 0.15) is 44.9 Å². The molecule has 1 N–H and O–H groups in total. The van der Waals surface area contributed by atoms with Gasteiger partial charge in [-0.25, -0.2) is 4.79 Å². The lowest BCUT2D eigenvalue weighted by Gasteiger charge is -2.37. The fraction of sp³-hybridized carbons (Fsp3) is 0.778. The molecule has 3 atom stereocenters. The van der Waals surface area contributed by atoms with Gasteiger partial charge in [-0.05, 0) is 38.0 Å². The number of carbonyl (C=O) groups is 1. The fourth-order valence-electron chi connectivity index (χ4n) is 4.90. The van der Waals surface area contributed by atoms with E-state index in [9.17, 15) is 4.79 Å². The number of nitrogens with zero attached hydrogens (tertiary/aromatic N) is 4. The summed E-state index contributed by atoms with van der Waals surface area (Å²) in [6.45, 7) is 2.87. The molecule has 0 radical (unpaired) electrons. The number of aromatic nitrogens is 2. The number of rotatable bonds is 2. The van der Waals surface area contributed by atoms with Crippen LogP contribution in [-0.4, -0.2) is 52.4 Å². The van der Waals surface area contributed by atoms with Gasteiger partial charge in [0.2, 0.25) is 0 Å². The van der Waals surface area contributed by atoms with Gasteiger partial charge < -0.3 is 15.1 Å². The van der Waals surface area contributed by atoms with Crippen LogP contribution in [0.15, 0.2) is 12.3 Å². The number of carbonyl (C=O) groups excluding carboxylic acids is 1. The van der Waals surface area contributed by atoms with E-state index < -0.39 is 0 Å². The van der Waals surface area contributed by atoms with Gasteiger partial charge in [0.05, 0.1) is 6.20 Å². The van der Waals surface area contributed by atoms with Gasteiger partial charge in [0.25, 0.3) is 0 Å². The Balaban J connectivity index is 1.36. The Hall–Kier alpha value is -1.72. The van der Waals surface area contributed by atoms with Gasteiger partial charge in [0.1, 0.15) is 5.82 Å². The summed E-state index contributed by atoms with van der Waals surface area (Å²) in [5.41, 5.74) is 0. The molecule has 2 aliphatic heterocycles.